The Morgan fingerprint density at radius 1 is 1.12 bits per heavy atom. The average Bonchev–Trinajstić information content (AvgIpc) is 2.79. The summed E-state index contributed by atoms with van der Waals surface area (Å²) in [4.78, 5) is 12.5. The van der Waals surface area contributed by atoms with E-state index in [4.69, 9.17) is 5.73 Å². The number of hydrogen-bond acceptors (Lipinski definition) is 4. The molecule has 2 aromatic rings. The fourth-order valence-corrected chi connectivity index (χ4v) is 1.48. The molecule has 0 radical (unpaired) electrons. The van der Waals surface area contributed by atoms with Crippen molar-refractivity contribution < 1.29 is 0 Å². The van der Waals surface area contributed by atoms with Gasteiger partial charge in [0, 0.05) is 25.1 Å². The van der Waals surface area contributed by atoms with E-state index in [1.165, 1.54) is 0 Å². The van der Waals surface area contributed by atoms with Crippen LogP contribution < -0.4 is 5.73 Å². The predicted octanol–water partition coefficient (Wildman–Crippen LogP) is 1.08. The molecule has 0 atom stereocenters. The molecule has 0 saturated heterocycles. The number of nitrogens with zero attached hydrogens (tertiary/aromatic N) is 4. The molecule has 0 amide bonds. The normalized spacial score (nSPS) is 10.6. The Hall–Kier alpha value is -1.75. The van der Waals surface area contributed by atoms with E-state index in [0.717, 1.165) is 37.3 Å². The fourth-order valence-electron chi connectivity index (χ4n) is 1.48. The summed E-state index contributed by atoms with van der Waals surface area (Å²) in [7, 11) is 0. The summed E-state index contributed by atoms with van der Waals surface area (Å²) in [5.74, 6) is 0. The Bertz CT molecular complexity index is 423. The first-order valence-electron chi connectivity index (χ1n) is 5.38. The minimum atomic E-state index is 0.742. The summed E-state index contributed by atoms with van der Waals surface area (Å²) in [6.07, 6.45) is 11.0. The molecule has 0 aromatic carbocycles. The highest BCUT2D eigenvalue weighted by atomic mass is 15.0. The van der Waals surface area contributed by atoms with Crippen LogP contribution in [-0.2, 0) is 6.54 Å². The highest BCUT2D eigenvalue weighted by Gasteiger charge is 2.02. The van der Waals surface area contributed by atoms with Gasteiger partial charge in [-0.15, -0.1) is 0 Å². The molecular formula is C11H15N5. The zero-order chi connectivity index (χ0) is 11.2. The van der Waals surface area contributed by atoms with Gasteiger partial charge in [0.1, 0.15) is 11.4 Å². The van der Waals surface area contributed by atoms with E-state index < -0.39 is 0 Å². The molecule has 0 aliphatic rings. The minimum absolute atomic E-state index is 0.742. The van der Waals surface area contributed by atoms with Crippen LogP contribution in [0.5, 0.6) is 0 Å². The van der Waals surface area contributed by atoms with Crippen molar-refractivity contribution in [2.45, 2.75) is 19.4 Å². The monoisotopic (exact) mass is 217 g/mol. The molecule has 0 aliphatic heterocycles. The maximum Gasteiger partial charge on any atom is 0.108 e. The molecule has 2 rings (SSSR count). The lowest BCUT2D eigenvalue weighted by molar-refractivity contribution is 0.614. The topological polar surface area (TPSA) is 69.6 Å². The molecule has 0 fully saturated rings. The molecule has 0 aliphatic carbocycles. The first-order chi connectivity index (χ1) is 7.90. The van der Waals surface area contributed by atoms with Crippen LogP contribution in [0.3, 0.4) is 0 Å². The number of nitrogens with two attached hydrogens (primary N) is 1. The van der Waals surface area contributed by atoms with Gasteiger partial charge in [-0.2, -0.15) is 0 Å². The summed E-state index contributed by atoms with van der Waals surface area (Å²) in [6.45, 7) is 1.69. The van der Waals surface area contributed by atoms with Gasteiger partial charge in [-0.3, -0.25) is 9.97 Å². The third-order valence-corrected chi connectivity index (χ3v) is 2.33. The van der Waals surface area contributed by atoms with Gasteiger partial charge in [0.25, 0.3) is 0 Å². The zero-order valence-electron chi connectivity index (χ0n) is 9.08. The van der Waals surface area contributed by atoms with Crippen LogP contribution in [0.2, 0.25) is 0 Å². The van der Waals surface area contributed by atoms with Crippen LogP contribution in [-0.4, -0.2) is 26.1 Å². The van der Waals surface area contributed by atoms with Gasteiger partial charge in [0.15, 0.2) is 0 Å². The van der Waals surface area contributed by atoms with Crippen molar-refractivity contribution in [1.29, 1.82) is 0 Å². The lowest BCUT2D eigenvalue weighted by Gasteiger charge is -1.99. The Kier molecular flexibility index (Phi) is 3.61. The second kappa shape index (κ2) is 5.37. The molecule has 2 N–H and O–H groups in total. The molecule has 84 valence electrons. The maximum atomic E-state index is 5.45. The molecule has 2 heterocycles. The van der Waals surface area contributed by atoms with Gasteiger partial charge < -0.3 is 10.3 Å². The van der Waals surface area contributed by atoms with Gasteiger partial charge in [-0.05, 0) is 19.4 Å². The first kappa shape index (κ1) is 10.8. The summed E-state index contributed by atoms with van der Waals surface area (Å²) >= 11 is 0. The fraction of sp³-hybridized carbons (Fsp3) is 0.364. The van der Waals surface area contributed by atoms with E-state index in [1.807, 2.05) is 12.5 Å². The standard InChI is InChI=1S/C11H15N5/c12-3-1-2-6-16-8-11(15-9-16)10-7-13-4-5-14-10/h4-5,7-9H,1-3,6,12H2. The third-order valence-electron chi connectivity index (χ3n) is 2.33. The summed E-state index contributed by atoms with van der Waals surface area (Å²) < 4.78 is 2.06. The van der Waals surface area contributed by atoms with Crippen LogP contribution in [0, 0.1) is 0 Å². The minimum Gasteiger partial charge on any atom is -0.337 e. The number of rotatable bonds is 5. The van der Waals surface area contributed by atoms with Gasteiger partial charge in [0.2, 0.25) is 0 Å². The van der Waals surface area contributed by atoms with Gasteiger partial charge in [-0.25, -0.2) is 4.98 Å². The number of aromatic nitrogens is 4. The summed E-state index contributed by atoms with van der Waals surface area (Å²) in [6, 6.07) is 0. The van der Waals surface area contributed by atoms with Crippen LogP contribution in [0.15, 0.2) is 31.1 Å². The Morgan fingerprint density at radius 3 is 2.81 bits per heavy atom. The van der Waals surface area contributed by atoms with Crippen LogP contribution >= 0.6 is 0 Å². The molecule has 0 unspecified atom stereocenters. The molecule has 2 aromatic heterocycles. The molecule has 5 nitrogen and oxygen atoms in total. The van der Waals surface area contributed by atoms with Crippen LogP contribution in [0.4, 0.5) is 0 Å². The number of unbranched alkanes of at least 4 members (excludes halogenated alkanes) is 1. The number of hydrogen-bond donors (Lipinski definition) is 1. The molecule has 5 heteroatoms. The number of imidazole rings is 1. The Balaban J connectivity index is 2.02. The quantitative estimate of drug-likeness (QED) is 0.761. The SMILES string of the molecule is NCCCCn1cnc(-c2cnccn2)c1. The Labute approximate surface area is 94.4 Å². The van der Waals surface area contributed by atoms with E-state index in [0.29, 0.717) is 0 Å². The molecule has 0 saturated carbocycles. The molecular weight excluding hydrogens is 202 g/mol. The lowest BCUT2D eigenvalue weighted by atomic mass is 10.3. The molecule has 0 bridgehead atoms. The summed E-state index contributed by atoms with van der Waals surface area (Å²) in [5, 5.41) is 0. The predicted molar refractivity (Wildman–Crippen MR) is 61.5 cm³/mol. The van der Waals surface area contributed by atoms with Crippen molar-refractivity contribution in [3.05, 3.63) is 31.1 Å². The largest absolute Gasteiger partial charge is 0.337 e. The van der Waals surface area contributed by atoms with Crippen molar-refractivity contribution in [1.82, 2.24) is 19.5 Å². The van der Waals surface area contributed by atoms with Crippen molar-refractivity contribution in [2.24, 2.45) is 5.73 Å². The number of aryl methyl sites for hydroxylation is 1. The van der Waals surface area contributed by atoms with E-state index in [2.05, 4.69) is 19.5 Å². The van der Waals surface area contributed by atoms with Crippen LogP contribution in [0.1, 0.15) is 12.8 Å². The summed E-state index contributed by atoms with van der Waals surface area (Å²) in [5.41, 5.74) is 7.11. The average molecular weight is 217 g/mol. The van der Waals surface area contributed by atoms with E-state index in [-0.39, 0.29) is 0 Å². The van der Waals surface area contributed by atoms with Crippen molar-refractivity contribution in [3.8, 4) is 11.4 Å². The molecule has 16 heavy (non-hydrogen) atoms. The zero-order valence-corrected chi connectivity index (χ0v) is 9.08. The maximum absolute atomic E-state index is 5.45. The van der Waals surface area contributed by atoms with Crippen molar-refractivity contribution in [3.63, 3.8) is 0 Å². The third kappa shape index (κ3) is 2.64. The second-order valence-electron chi connectivity index (χ2n) is 3.58. The highest BCUT2D eigenvalue weighted by molar-refractivity contribution is 5.50. The van der Waals surface area contributed by atoms with Gasteiger partial charge in [0.05, 0.1) is 12.5 Å². The molecule has 0 spiro atoms. The second-order valence-corrected chi connectivity index (χ2v) is 3.58. The van der Waals surface area contributed by atoms with E-state index in [9.17, 15) is 0 Å². The van der Waals surface area contributed by atoms with Crippen LogP contribution in [0.25, 0.3) is 11.4 Å². The van der Waals surface area contributed by atoms with Crippen molar-refractivity contribution >= 4 is 0 Å². The highest BCUT2D eigenvalue weighted by Crippen LogP contribution is 2.12. The van der Waals surface area contributed by atoms with E-state index in [1.54, 1.807) is 18.6 Å². The lowest BCUT2D eigenvalue weighted by Crippen LogP contribution is -2.01. The van der Waals surface area contributed by atoms with Gasteiger partial charge in [-0.1, -0.05) is 0 Å². The first-order valence-corrected chi connectivity index (χ1v) is 5.38. The van der Waals surface area contributed by atoms with Crippen molar-refractivity contribution in [2.75, 3.05) is 6.54 Å². The van der Waals surface area contributed by atoms with Gasteiger partial charge >= 0.3 is 0 Å². The smallest absolute Gasteiger partial charge is 0.108 e. The van der Waals surface area contributed by atoms with E-state index >= 15 is 0 Å². The Morgan fingerprint density at radius 2 is 2.06 bits per heavy atom.